The molecule has 0 aliphatic carbocycles. The molecule has 0 aliphatic heterocycles. The molecule has 6 nitrogen and oxygen atoms in total. The Morgan fingerprint density at radius 1 is 0.514 bits per heavy atom. The number of hydrogen-bond acceptors (Lipinski definition) is 4. The Bertz CT molecular complexity index is 1720. The van der Waals surface area contributed by atoms with Crippen molar-refractivity contribution < 1.29 is 16.8 Å². The maximum Gasteiger partial charge on any atom is 0.261 e. The lowest BCUT2D eigenvalue weighted by Crippen LogP contribution is -2.14. The second kappa shape index (κ2) is 10.5. The summed E-state index contributed by atoms with van der Waals surface area (Å²) in [5, 5.41) is 0. The molecule has 0 fully saturated rings. The molecule has 0 radical (unpaired) electrons. The van der Waals surface area contributed by atoms with Crippen LogP contribution in [0.3, 0.4) is 0 Å². The molecule has 4 rings (SSSR count). The van der Waals surface area contributed by atoms with E-state index in [1.807, 2.05) is 20.8 Å². The zero-order valence-corrected chi connectivity index (χ0v) is 22.2. The van der Waals surface area contributed by atoms with Crippen molar-refractivity contribution in [2.45, 2.75) is 30.6 Å². The number of aryl methyl sites for hydroxylation is 3. The van der Waals surface area contributed by atoms with Crippen LogP contribution in [0, 0.1) is 32.6 Å². The van der Waals surface area contributed by atoms with Crippen LogP contribution >= 0.6 is 0 Å². The van der Waals surface area contributed by atoms with Gasteiger partial charge in [0.1, 0.15) is 0 Å². The van der Waals surface area contributed by atoms with Gasteiger partial charge < -0.3 is 0 Å². The van der Waals surface area contributed by atoms with E-state index in [-0.39, 0.29) is 9.79 Å². The molecule has 188 valence electrons. The maximum absolute atomic E-state index is 13.0. The number of nitrogens with one attached hydrogen (secondary N) is 2. The molecule has 0 atom stereocenters. The molecular weight excluding hydrogens is 504 g/mol. The van der Waals surface area contributed by atoms with Gasteiger partial charge in [0.25, 0.3) is 20.0 Å². The van der Waals surface area contributed by atoms with Crippen molar-refractivity contribution in [1.82, 2.24) is 0 Å². The van der Waals surface area contributed by atoms with Gasteiger partial charge in [0.2, 0.25) is 0 Å². The van der Waals surface area contributed by atoms with Crippen LogP contribution in [-0.2, 0) is 20.0 Å². The van der Waals surface area contributed by atoms with E-state index in [0.29, 0.717) is 22.5 Å². The third-order valence-corrected chi connectivity index (χ3v) is 8.35. The van der Waals surface area contributed by atoms with Crippen LogP contribution in [0.25, 0.3) is 0 Å². The number of benzene rings is 4. The molecule has 0 spiro atoms. The lowest BCUT2D eigenvalue weighted by Gasteiger charge is -2.11. The Hall–Kier alpha value is -4.06. The Labute approximate surface area is 218 Å². The number of rotatable bonds is 6. The summed E-state index contributed by atoms with van der Waals surface area (Å²) in [4.78, 5) is 0.292. The molecule has 4 aromatic carbocycles. The zero-order valence-electron chi connectivity index (χ0n) is 20.6. The first-order valence-electron chi connectivity index (χ1n) is 11.4. The lowest BCUT2D eigenvalue weighted by molar-refractivity contribution is 0.599. The number of sulfonamides is 2. The third kappa shape index (κ3) is 6.39. The summed E-state index contributed by atoms with van der Waals surface area (Å²) >= 11 is 0. The topological polar surface area (TPSA) is 92.3 Å². The highest BCUT2D eigenvalue weighted by molar-refractivity contribution is 7.93. The fraction of sp³-hybridized carbons (Fsp3) is 0.103. The van der Waals surface area contributed by atoms with Crippen LogP contribution < -0.4 is 9.44 Å². The van der Waals surface area contributed by atoms with Crippen LogP contribution in [0.4, 0.5) is 11.4 Å². The molecule has 0 unspecified atom stereocenters. The predicted molar refractivity (Wildman–Crippen MR) is 148 cm³/mol. The van der Waals surface area contributed by atoms with Gasteiger partial charge in [-0.1, -0.05) is 65.4 Å². The van der Waals surface area contributed by atoms with E-state index >= 15 is 0 Å². The van der Waals surface area contributed by atoms with E-state index in [2.05, 4.69) is 21.3 Å². The average Bonchev–Trinajstić information content (AvgIpc) is 2.85. The zero-order chi connectivity index (χ0) is 26.6. The van der Waals surface area contributed by atoms with Crippen molar-refractivity contribution in [3.63, 3.8) is 0 Å². The summed E-state index contributed by atoms with van der Waals surface area (Å²) in [7, 11) is -7.64. The molecule has 0 aromatic heterocycles. The Kier molecular flexibility index (Phi) is 7.39. The second-order valence-electron chi connectivity index (χ2n) is 8.68. The van der Waals surface area contributed by atoms with Gasteiger partial charge in [-0.2, -0.15) is 0 Å². The molecule has 0 bridgehead atoms. The standard InChI is InChI=1S/C29H26N2O4S2/c1-21-8-15-26(16-9-21)36(32,33)30-28-7-5-4-6-24(28)13-14-25-20-23(3)12-19-29(25)31-37(34,35)27-17-10-22(2)11-18-27/h4-12,15-20,30-31H,1-3H3. The van der Waals surface area contributed by atoms with Gasteiger partial charge >= 0.3 is 0 Å². The van der Waals surface area contributed by atoms with E-state index in [0.717, 1.165) is 16.7 Å². The first kappa shape index (κ1) is 26.0. The lowest BCUT2D eigenvalue weighted by atomic mass is 10.1. The van der Waals surface area contributed by atoms with E-state index in [4.69, 9.17) is 0 Å². The van der Waals surface area contributed by atoms with E-state index in [1.165, 1.54) is 0 Å². The summed E-state index contributed by atoms with van der Waals surface area (Å²) in [5.41, 5.74) is 4.38. The molecule has 37 heavy (non-hydrogen) atoms. The fourth-order valence-electron chi connectivity index (χ4n) is 3.51. The molecular formula is C29H26N2O4S2. The largest absolute Gasteiger partial charge is 0.278 e. The first-order valence-corrected chi connectivity index (χ1v) is 14.4. The molecule has 0 heterocycles. The number of hydrogen-bond donors (Lipinski definition) is 2. The Morgan fingerprint density at radius 3 is 1.49 bits per heavy atom. The van der Waals surface area contributed by atoms with Gasteiger partial charge in [0.15, 0.2) is 0 Å². The smallest absolute Gasteiger partial charge is 0.261 e. The van der Waals surface area contributed by atoms with Crippen molar-refractivity contribution in [3.8, 4) is 11.8 Å². The van der Waals surface area contributed by atoms with Crippen molar-refractivity contribution in [2.75, 3.05) is 9.44 Å². The van der Waals surface area contributed by atoms with Crippen molar-refractivity contribution in [1.29, 1.82) is 0 Å². The second-order valence-corrected chi connectivity index (χ2v) is 12.0. The normalized spacial score (nSPS) is 11.3. The van der Waals surface area contributed by atoms with Crippen molar-refractivity contribution in [2.24, 2.45) is 0 Å². The maximum atomic E-state index is 13.0. The van der Waals surface area contributed by atoms with Crippen molar-refractivity contribution in [3.05, 3.63) is 119 Å². The van der Waals surface area contributed by atoms with Gasteiger partial charge in [-0.3, -0.25) is 9.44 Å². The van der Waals surface area contributed by atoms with E-state index in [9.17, 15) is 16.8 Å². The van der Waals surface area contributed by atoms with E-state index in [1.54, 1.807) is 91.0 Å². The third-order valence-electron chi connectivity index (χ3n) is 5.59. The Balaban J connectivity index is 1.66. The van der Waals surface area contributed by atoms with Crippen LogP contribution in [0.5, 0.6) is 0 Å². The molecule has 0 saturated carbocycles. The molecule has 0 amide bonds. The minimum atomic E-state index is -3.82. The number of para-hydroxylation sites is 1. The van der Waals surface area contributed by atoms with Crippen molar-refractivity contribution >= 4 is 31.4 Å². The van der Waals surface area contributed by atoms with Gasteiger partial charge in [-0.15, -0.1) is 0 Å². The summed E-state index contributed by atoms with van der Waals surface area (Å²) in [5.74, 6) is 6.02. The first-order chi connectivity index (χ1) is 17.5. The predicted octanol–water partition coefficient (Wildman–Crippen LogP) is 5.61. The van der Waals surface area contributed by atoms with E-state index < -0.39 is 20.0 Å². The molecule has 0 aliphatic rings. The average molecular weight is 531 g/mol. The molecule has 0 saturated heterocycles. The highest BCUT2D eigenvalue weighted by atomic mass is 32.2. The van der Waals surface area contributed by atoms with Crippen LogP contribution in [0.1, 0.15) is 27.8 Å². The van der Waals surface area contributed by atoms with Crippen LogP contribution in [0.15, 0.2) is 101 Å². The summed E-state index contributed by atoms with van der Waals surface area (Å²) in [6.07, 6.45) is 0. The summed E-state index contributed by atoms with van der Waals surface area (Å²) in [6, 6.07) is 25.2. The minimum Gasteiger partial charge on any atom is -0.278 e. The Morgan fingerprint density at radius 2 is 0.946 bits per heavy atom. The van der Waals surface area contributed by atoms with Crippen LogP contribution in [0.2, 0.25) is 0 Å². The quantitative estimate of drug-likeness (QED) is 0.317. The SMILES string of the molecule is Cc1ccc(S(=O)(=O)Nc2ccccc2C#Cc2cc(C)ccc2NS(=O)(=O)c2ccc(C)cc2)cc1. The minimum absolute atomic E-state index is 0.146. The van der Waals surface area contributed by atoms with Gasteiger partial charge in [0.05, 0.1) is 21.2 Å². The molecule has 8 heteroatoms. The molecule has 4 aromatic rings. The van der Waals surface area contributed by atoms with Gasteiger partial charge in [-0.25, -0.2) is 16.8 Å². The summed E-state index contributed by atoms with van der Waals surface area (Å²) in [6.45, 7) is 5.65. The van der Waals surface area contributed by atoms with Crippen LogP contribution in [-0.4, -0.2) is 16.8 Å². The monoisotopic (exact) mass is 530 g/mol. The molecule has 2 N–H and O–H groups in total. The van der Waals surface area contributed by atoms with Gasteiger partial charge in [-0.05, 0) is 74.9 Å². The summed E-state index contributed by atoms with van der Waals surface area (Å²) < 4.78 is 57.0. The number of anilines is 2. The highest BCUT2D eigenvalue weighted by Crippen LogP contribution is 2.23. The van der Waals surface area contributed by atoms with Gasteiger partial charge in [0, 0.05) is 11.1 Å². The fourth-order valence-corrected chi connectivity index (χ4v) is 5.67. The highest BCUT2D eigenvalue weighted by Gasteiger charge is 2.17.